The first kappa shape index (κ1) is 13.0. The van der Waals surface area contributed by atoms with Crippen LogP contribution in [0.25, 0.3) is 11.4 Å². The van der Waals surface area contributed by atoms with Crippen LogP contribution in [-0.2, 0) is 0 Å². The van der Waals surface area contributed by atoms with Gasteiger partial charge >= 0.3 is 0 Å². The molecule has 1 saturated carbocycles. The molecule has 5 nitrogen and oxygen atoms in total. The van der Waals surface area contributed by atoms with Crippen molar-refractivity contribution in [2.75, 3.05) is 0 Å². The Morgan fingerprint density at radius 1 is 1.00 bits per heavy atom. The van der Waals surface area contributed by atoms with Crippen LogP contribution in [0.3, 0.4) is 0 Å². The molecule has 104 valence electrons. The van der Waals surface area contributed by atoms with Crippen LogP contribution >= 0.6 is 0 Å². The molecule has 2 aromatic heterocycles. The summed E-state index contributed by atoms with van der Waals surface area (Å²) in [5.74, 6) is 1.30. The molecule has 3 rings (SSSR count). The summed E-state index contributed by atoms with van der Waals surface area (Å²) in [6.45, 7) is 0. The highest BCUT2D eigenvalue weighted by Crippen LogP contribution is 2.23. The Bertz CT molecular complexity index is 553. The first-order valence-electron chi connectivity index (χ1n) is 6.97. The van der Waals surface area contributed by atoms with Gasteiger partial charge in [-0.25, -0.2) is 4.98 Å². The summed E-state index contributed by atoms with van der Waals surface area (Å²) in [5, 5.41) is 0. The van der Waals surface area contributed by atoms with Crippen molar-refractivity contribution in [2.24, 2.45) is 5.73 Å². The van der Waals surface area contributed by atoms with Gasteiger partial charge in [-0.3, -0.25) is 4.98 Å². The molecule has 0 radical (unpaired) electrons. The molecule has 0 saturated heterocycles. The number of pyridine rings is 1. The molecule has 1 fully saturated rings. The second kappa shape index (κ2) is 5.96. The highest BCUT2D eigenvalue weighted by atomic mass is 16.5. The Balaban J connectivity index is 1.72. The number of nitrogens with zero attached hydrogens (tertiary/aromatic N) is 3. The van der Waals surface area contributed by atoms with Gasteiger partial charge in [0.2, 0.25) is 5.88 Å². The van der Waals surface area contributed by atoms with Crippen LogP contribution in [0.5, 0.6) is 5.88 Å². The van der Waals surface area contributed by atoms with Gasteiger partial charge in [-0.05, 0) is 37.8 Å². The Morgan fingerprint density at radius 3 is 2.50 bits per heavy atom. The van der Waals surface area contributed by atoms with Gasteiger partial charge in [-0.2, -0.15) is 4.98 Å². The van der Waals surface area contributed by atoms with Crippen molar-refractivity contribution in [1.82, 2.24) is 15.0 Å². The molecule has 1 aliphatic rings. The maximum atomic E-state index is 5.94. The zero-order valence-corrected chi connectivity index (χ0v) is 11.3. The molecule has 5 heteroatoms. The smallest absolute Gasteiger partial charge is 0.217 e. The minimum absolute atomic E-state index is 0.218. The van der Waals surface area contributed by atoms with Gasteiger partial charge in [0.25, 0.3) is 0 Å². The van der Waals surface area contributed by atoms with Crippen LogP contribution in [0.2, 0.25) is 0 Å². The van der Waals surface area contributed by atoms with Gasteiger partial charge in [-0.1, -0.05) is 0 Å². The number of hydrogen-bond acceptors (Lipinski definition) is 5. The fourth-order valence-corrected chi connectivity index (χ4v) is 2.43. The number of hydrogen-bond donors (Lipinski definition) is 1. The molecule has 20 heavy (non-hydrogen) atoms. The molecule has 0 amide bonds. The number of nitrogens with two attached hydrogens (primary N) is 1. The van der Waals surface area contributed by atoms with Crippen molar-refractivity contribution in [2.45, 2.75) is 37.8 Å². The molecule has 0 aromatic carbocycles. The van der Waals surface area contributed by atoms with E-state index in [0.29, 0.717) is 17.7 Å². The largest absolute Gasteiger partial charge is 0.474 e. The third-order valence-corrected chi connectivity index (χ3v) is 3.57. The molecule has 0 aliphatic heterocycles. The van der Waals surface area contributed by atoms with E-state index in [9.17, 15) is 0 Å². The lowest BCUT2D eigenvalue weighted by molar-refractivity contribution is 0.141. The summed E-state index contributed by atoms with van der Waals surface area (Å²) in [4.78, 5) is 12.7. The van der Waals surface area contributed by atoms with Crippen LogP contribution < -0.4 is 10.5 Å². The van der Waals surface area contributed by atoms with Crippen LogP contribution in [0, 0.1) is 0 Å². The Labute approximate surface area is 118 Å². The van der Waals surface area contributed by atoms with Gasteiger partial charge in [0.05, 0.1) is 0 Å². The topological polar surface area (TPSA) is 73.9 Å². The molecule has 1 aliphatic carbocycles. The normalized spacial score (nSPS) is 22.4. The number of aromatic nitrogens is 3. The third-order valence-electron chi connectivity index (χ3n) is 3.57. The summed E-state index contributed by atoms with van der Waals surface area (Å²) in [7, 11) is 0. The zero-order chi connectivity index (χ0) is 13.8. The Morgan fingerprint density at radius 2 is 1.75 bits per heavy atom. The molecule has 0 spiro atoms. The van der Waals surface area contributed by atoms with Crippen molar-refractivity contribution in [3.8, 4) is 17.3 Å². The molecule has 2 heterocycles. The van der Waals surface area contributed by atoms with Crippen LogP contribution in [0.4, 0.5) is 0 Å². The van der Waals surface area contributed by atoms with Gasteiger partial charge in [-0.15, -0.1) is 0 Å². The summed E-state index contributed by atoms with van der Waals surface area (Å²) in [6, 6.07) is 5.91. The van der Waals surface area contributed by atoms with Crippen LogP contribution in [0.15, 0.2) is 36.8 Å². The lowest BCUT2D eigenvalue weighted by Crippen LogP contribution is -2.31. The van der Waals surface area contributed by atoms with Gasteiger partial charge in [0, 0.05) is 36.3 Å². The van der Waals surface area contributed by atoms with Gasteiger partial charge < -0.3 is 10.5 Å². The second-order valence-electron chi connectivity index (χ2n) is 5.11. The molecule has 0 atom stereocenters. The summed E-state index contributed by atoms with van der Waals surface area (Å²) in [5.41, 5.74) is 6.84. The lowest BCUT2D eigenvalue weighted by atomic mass is 9.94. The standard InChI is InChI=1S/C15H18N4O/c16-12-1-3-13(4-2-12)20-14-7-10-18-15(19-14)11-5-8-17-9-6-11/h5-10,12-13H,1-4,16H2. The average Bonchev–Trinajstić information content (AvgIpc) is 2.51. The molecule has 2 N–H and O–H groups in total. The third kappa shape index (κ3) is 3.11. The predicted molar refractivity (Wildman–Crippen MR) is 76.1 cm³/mol. The summed E-state index contributed by atoms with van der Waals surface area (Å²) in [6.07, 6.45) is 9.44. The van der Waals surface area contributed by atoms with E-state index in [-0.39, 0.29) is 6.10 Å². The van der Waals surface area contributed by atoms with E-state index in [0.717, 1.165) is 31.2 Å². The molecule has 0 unspecified atom stereocenters. The van der Waals surface area contributed by atoms with E-state index in [1.54, 1.807) is 24.7 Å². The van der Waals surface area contributed by atoms with E-state index in [4.69, 9.17) is 10.5 Å². The predicted octanol–water partition coefficient (Wildman–Crippen LogP) is 2.19. The molecular formula is C15H18N4O. The fourth-order valence-electron chi connectivity index (χ4n) is 2.43. The zero-order valence-electron chi connectivity index (χ0n) is 11.3. The van der Waals surface area contributed by atoms with E-state index < -0.39 is 0 Å². The Hall–Kier alpha value is -2.01. The first-order valence-corrected chi connectivity index (χ1v) is 6.97. The second-order valence-corrected chi connectivity index (χ2v) is 5.11. The van der Waals surface area contributed by atoms with Crippen LogP contribution in [0.1, 0.15) is 25.7 Å². The van der Waals surface area contributed by atoms with E-state index in [1.807, 2.05) is 12.1 Å². The monoisotopic (exact) mass is 270 g/mol. The van der Waals surface area contributed by atoms with E-state index in [1.165, 1.54) is 0 Å². The summed E-state index contributed by atoms with van der Waals surface area (Å²) >= 11 is 0. The van der Waals surface area contributed by atoms with Crippen molar-refractivity contribution in [3.63, 3.8) is 0 Å². The highest BCUT2D eigenvalue weighted by molar-refractivity contribution is 5.53. The van der Waals surface area contributed by atoms with E-state index >= 15 is 0 Å². The quantitative estimate of drug-likeness (QED) is 0.925. The average molecular weight is 270 g/mol. The first-order chi connectivity index (χ1) is 9.81. The van der Waals surface area contributed by atoms with Crippen LogP contribution in [-0.4, -0.2) is 27.1 Å². The maximum absolute atomic E-state index is 5.94. The molecule has 2 aromatic rings. The SMILES string of the molecule is NC1CCC(Oc2ccnc(-c3ccncc3)n2)CC1. The van der Waals surface area contributed by atoms with Crippen molar-refractivity contribution in [1.29, 1.82) is 0 Å². The number of ether oxygens (including phenoxy) is 1. The van der Waals surface area contributed by atoms with E-state index in [2.05, 4.69) is 15.0 Å². The Kier molecular flexibility index (Phi) is 3.87. The minimum Gasteiger partial charge on any atom is -0.474 e. The van der Waals surface area contributed by atoms with Crippen molar-refractivity contribution < 1.29 is 4.74 Å². The van der Waals surface area contributed by atoms with Crippen molar-refractivity contribution >= 4 is 0 Å². The molecular weight excluding hydrogens is 252 g/mol. The minimum atomic E-state index is 0.218. The van der Waals surface area contributed by atoms with Gasteiger partial charge in [0.1, 0.15) is 6.10 Å². The summed E-state index contributed by atoms with van der Waals surface area (Å²) < 4.78 is 5.94. The fraction of sp³-hybridized carbons (Fsp3) is 0.400. The molecule has 0 bridgehead atoms. The number of rotatable bonds is 3. The van der Waals surface area contributed by atoms with Gasteiger partial charge in [0.15, 0.2) is 5.82 Å². The highest BCUT2D eigenvalue weighted by Gasteiger charge is 2.20. The lowest BCUT2D eigenvalue weighted by Gasteiger charge is -2.26. The van der Waals surface area contributed by atoms with Crippen molar-refractivity contribution in [3.05, 3.63) is 36.8 Å². The maximum Gasteiger partial charge on any atom is 0.217 e.